The summed E-state index contributed by atoms with van der Waals surface area (Å²) in [6, 6.07) is 23.0. The van der Waals surface area contributed by atoms with Crippen LogP contribution in [0.2, 0.25) is 0 Å². The van der Waals surface area contributed by atoms with Crippen LogP contribution < -0.4 is 0 Å². The predicted molar refractivity (Wildman–Crippen MR) is 127 cm³/mol. The van der Waals surface area contributed by atoms with Crippen molar-refractivity contribution in [3.05, 3.63) is 108 Å². The molecule has 0 atom stereocenters. The Balaban J connectivity index is 0.000000186. The van der Waals surface area contributed by atoms with E-state index in [4.69, 9.17) is 5.11 Å². The van der Waals surface area contributed by atoms with Crippen LogP contribution in [0, 0.1) is 13.8 Å². The summed E-state index contributed by atoms with van der Waals surface area (Å²) >= 11 is 0. The van der Waals surface area contributed by atoms with E-state index in [9.17, 15) is 9.59 Å². The molecule has 166 valence electrons. The topological polar surface area (TPSA) is 89.4 Å². The predicted octanol–water partition coefficient (Wildman–Crippen LogP) is 5.60. The van der Waals surface area contributed by atoms with Gasteiger partial charge in [-0.25, -0.2) is 19.6 Å². The van der Waals surface area contributed by atoms with Crippen LogP contribution in [0.1, 0.15) is 32.1 Å². The van der Waals surface area contributed by atoms with Gasteiger partial charge in [-0.3, -0.25) is 0 Å². The summed E-state index contributed by atoms with van der Waals surface area (Å²) in [5.74, 6) is -1.42. The number of methoxy groups -OCH3 is 1. The van der Waals surface area contributed by atoms with Crippen molar-refractivity contribution in [3.8, 4) is 22.3 Å². The van der Waals surface area contributed by atoms with E-state index in [-0.39, 0.29) is 5.69 Å². The Morgan fingerprint density at radius 3 is 1.61 bits per heavy atom. The number of nitrogens with zero attached hydrogens (tertiary/aromatic N) is 2. The van der Waals surface area contributed by atoms with Gasteiger partial charge >= 0.3 is 11.9 Å². The van der Waals surface area contributed by atoms with Gasteiger partial charge in [-0.1, -0.05) is 59.7 Å². The lowest BCUT2D eigenvalue weighted by Gasteiger charge is -2.04. The molecule has 0 radical (unpaired) electrons. The Bertz CT molecular complexity index is 1280. The summed E-state index contributed by atoms with van der Waals surface area (Å²) in [5, 5.41) is 8.85. The summed E-state index contributed by atoms with van der Waals surface area (Å²) in [5.41, 5.74) is 6.62. The van der Waals surface area contributed by atoms with Gasteiger partial charge in [0.2, 0.25) is 0 Å². The number of carbonyl (C=O) groups is 2. The zero-order valence-electron chi connectivity index (χ0n) is 18.6. The number of ether oxygens (including phenoxy) is 1. The van der Waals surface area contributed by atoms with Crippen molar-refractivity contribution < 1.29 is 19.4 Å². The average Bonchev–Trinajstić information content (AvgIpc) is 2.84. The molecule has 0 aliphatic heterocycles. The summed E-state index contributed by atoms with van der Waals surface area (Å²) in [7, 11) is 1.35. The van der Waals surface area contributed by atoms with Gasteiger partial charge < -0.3 is 9.84 Å². The fraction of sp³-hybridized carbons (Fsp3) is 0.111. The molecule has 4 aromatic rings. The Kier molecular flexibility index (Phi) is 7.65. The van der Waals surface area contributed by atoms with Crippen LogP contribution in [0.5, 0.6) is 0 Å². The molecule has 6 nitrogen and oxygen atoms in total. The van der Waals surface area contributed by atoms with Crippen LogP contribution in [-0.2, 0) is 4.74 Å². The molecule has 0 saturated carbocycles. The molecule has 2 aromatic heterocycles. The van der Waals surface area contributed by atoms with E-state index >= 15 is 0 Å². The maximum atomic E-state index is 11.4. The van der Waals surface area contributed by atoms with Crippen LogP contribution in [0.3, 0.4) is 0 Å². The van der Waals surface area contributed by atoms with Crippen LogP contribution in [-0.4, -0.2) is 34.1 Å². The molecule has 0 fully saturated rings. The van der Waals surface area contributed by atoms with Gasteiger partial charge in [0, 0.05) is 12.4 Å². The number of hydrogen-bond donors (Lipinski definition) is 1. The number of benzene rings is 2. The molecule has 0 amide bonds. The number of aromatic nitrogens is 2. The van der Waals surface area contributed by atoms with Crippen molar-refractivity contribution >= 4 is 11.9 Å². The molecule has 0 spiro atoms. The second kappa shape index (κ2) is 10.8. The Morgan fingerprint density at radius 1 is 0.697 bits per heavy atom. The smallest absolute Gasteiger partial charge is 0.356 e. The van der Waals surface area contributed by atoms with E-state index in [0.717, 1.165) is 27.8 Å². The highest BCUT2D eigenvalue weighted by molar-refractivity contribution is 5.88. The van der Waals surface area contributed by atoms with E-state index in [2.05, 4.69) is 20.8 Å². The van der Waals surface area contributed by atoms with Crippen LogP contribution in [0.15, 0.2) is 85.2 Å². The van der Waals surface area contributed by atoms with Gasteiger partial charge in [-0.15, -0.1) is 0 Å². The van der Waals surface area contributed by atoms with Crippen LogP contribution >= 0.6 is 0 Å². The maximum absolute atomic E-state index is 11.4. The van der Waals surface area contributed by atoms with E-state index in [1.165, 1.54) is 18.9 Å². The quantitative estimate of drug-likeness (QED) is 0.416. The molecule has 0 unspecified atom stereocenters. The van der Waals surface area contributed by atoms with Gasteiger partial charge in [0.15, 0.2) is 0 Å². The Morgan fingerprint density at radius 2 is 1.15 bits per heavy atom. The fourth-order valence-corrected chi connectivity index (χ4v) is 3.20. The average molecular weight is 440 g/mol. The first-order valence-corrected chi connectivity index (χ1v) is 10.2. The van der Waals surface area contributed by atoms with Crippen molar-refractivity contribution in [3.63, 3.8) is 0 Å². The number of hydrogen-bond acceptors (Lipinski definition) is 5. The summed E-state index contributed by atoms with van der Waals surface area (Å²) in [6.45, 7) is 4.04. The Hall–Kier alpha value is -4.32. The largest absolute Gasteiger partial charge is 0.477 e. The third-order valence-electron chi connectivity index (χ3n) is 4.84. The number of carbonyl (C=O) groups excluding carboxylic acids is 1. The molecular weight excluding hydrogens is 416 g/mol. The lowest BCUT2D eigenvalue weighted by atomic mass is 10.0. The summed E-state index contributed by atoms with van der Waals surface area (Å²) < 4.78 is 4.65. The lowest BCUT2D eigenvalue weighted by molar-refractivity contribution is 0.0593. The van der Waals surface area contributed by atoms with Gasteiger partial charge in [0.05, 0.1) is 7.11 Å². The Labute approximate surface area is 192 Å². The highest BCUT2D eigenvalue weighted by atomic mass is 16.5. The number of carboxylic acid groups (broad SMARTS) is 1. The second-order valence-electron chi connectivity index (χ2n) is 7.40. The highest BCUT2D eigenvalue weighted by Gasteiger charge is 2.08. The first kappa shape index (κ1) is 23.3. The zero-order valence-corrected chi connectivity index (χ0v) is 18.6. The van der Waals surface area contributed by atoms with Gasteiger partial charge in [-0.2, -0.15) is 0 Å². The normalized spacial score (nSPS) is 10.0. The lowest BCUT2D eigenvalue weighted by Crippen LogP contribution is -2.03. The first-order chi connectivity index (χ1) is 15.9. The molecule has 2 aromatic carbocycles. The fourth-order valence-electron chi connectivity index (χ4n) is 3.20. The van der Waals surface area contributed by atoms with Crippen molar-refractivity contribution in [2.75, 3.05) is 7.11 Å². The van der Waals surface area contributed by atoms with Crippen molar-refractivity contribution in [2.45, 2.75) is 13.8 Å². The van der Waals surface area contributed by atoms with E-state index in [1.807, 2.05) is 62.4 Å². The molecule has 0 bridgehead atoms. The molecule has 4 rings (SSSR count). The van der Waals surface area contributed by atoms with Gasteiger partial charge in [0.25, 0.3) is 0 Å². The summed E-state index contributed by atoms with van der Waals surface area (Å²) in [6.07, 6.45) is 3.13. The third-order valence-corrected chi connectivity index (χ3v) is 4.84. The van der Waals surface area contributed by atoms with Crippen LogP contribution in [0.25, 0.3) is 22.3 Å². The molecular formula is C27H24N2O4. The van der Waals surface area contributed by atoms with Crippen molar-refractivity contribution in [1.82, 2.24) is 9.97 Å². The van der Waals surface area contributed by atoms with E-state index < -0.39 is 11.9 Å². The van der Waals surface area contributed by atoms with Gasteiger partial charge in [-0.05, 0) is 60.4 Å². The first-order valence-electron chi connectivity index (χ1n) is 10.2. The van der Waals surface area contributed by atoms with E-state index in [1.54, 1.807) is 24.4 Å². The molecule has 6 heteroatoms. The number of esters is 1. The van der Waals surface area contributed by atoms with E-state index in [0.29, 0.717) is 5.69 Å². The number of aryl methyl sites for hydroxylation is 2. The number of pyridine rings is 2. The second-order valence-corrected chi connectivity index (χ2v) is 7.40. The SMILES string of the molecule is COC(=O)c1cc(-c2cccc(C)c2)ccn1.Cc1cccc(-c2ccnc(C(=O)O)c2)c1. The van der Waals surface area contributed by atoms with Gasteiger partial charge in [0.1, 0.15) is 11.4 Å². The molecule has 0 aliphatic rings. The number of aromatic carboxylic acids is 1. The zero-order chi connectivity index (χ0) is 23.8. The minimum Gasteiger partial charge on any atom is -0.477 e. The maximum Gasteiger partial charge on any atom is 0.356 e. The molecule has 1 N–H and O–H groups in total. The summed E-state index contributed by atoms with van der Waals surface area (Å²) in [4.78, 5) is 29.9. The van der Waals surface area contributed by atoms with Crippen molar-refractivity contribution in [1.29, 1.82) is 0 Å². The highest BCUT2D eigenvalue weighted by Crippen LogP contribution is 2.21. The minimum atomic E-state index is -1.01. The molecule has 2 heterocycles. The molecule has 0 aliphatic carbocycles. The standard InChI is InChI=1S/C14H13NO2.C13H11NO2/c1-10-4-3-5-11(8-10)12-6-7-15-13(9-12)14(16)17-2;1-9-3-2-4-10(7-9)11-5-6-14-12(8-11)13(15)16/h3-9H,1-2H3;2-8H,1H3,(H,15,16). The third kappa shape index (κ3) is 6.33. The molecule has 0 saturated heterocycles. The molecule has 33 heavy (non-hydrogen) atoms. The van der Waals surface area contributed by atoms with Crippen molar-refractivity contribution in [2.24, 2.45) is 0 Å². The monoisotopic (exact) mass is 440 g/mol. The number of carboxylic acids is 1. The minimum absolute atomic E-state index is 0.0685. The van der Waals surface area contributed by atoms with Crippen LogP contribution in [0.4, 0.5) is 0 Å². The number of rotatable bonds is 4.